The van der Waals surface area contributed by atoms with Crippen LogP contribution in [0, 0.1) is 0 Å². The summed E-state index contributed by atoms with van der Waals surface area (Å²) in [5, 5.41) is 0.611. The highest BCUT2D eigenvalue weighted by Gasteiger charge is 2.13. The van der Waals surface area contributed by atoms with E-state index in [0.29, 0.717) is 22.1 Å². The number of nitrogens with zero attached hydrogens (tertiary/aromatic N) is 4. The van der Waals surface area contributed by atoms with Crippen molar-refractivity contribution in [2.45, 2.75) is 10.9 Å². The highest BCUT2D eigenvalue weighted by atomic mass is 32.2. The first-order valence-electron chi connectivity index (χ1n) is 6.25. The van der Waals surface area contributed by atoms with Gasteiger partial charge in [-0.15, -0.1) is 0 Å². The molecule has 3 heterocycles. The van der Waals surface area contributed by atoms with E-state index in [1.165, 1.54) is 23.4 Å². The molecular formula is C13H13N5O2S. The number of aromatic amines is 1. The van der Waals surface area contributed by atoms with Crippen LogP contribution in [-0.2, 0) is 19.8 Å². The van der Waals surface area contributed by atoms with Crippen LogP contribution >= 0.6 is 11.8 Å². The van der Waals surface area contributed by atoms with Crippen molar-refractivity contribution in [2.24, 2.45) is 14.1 Å². The molecule has 108 valence electrons. The first-order valence-corrected chi connectivity index (χ1v) is 7.24. The summed E-state index contributed by atoms with van der Waals surface area (Å²) in [6.45, 7) is 0. The van der Waals surface area contributed by atoms with E-state index < -0.39 is 0 Å². The Hall–Kier alpha value is -2.35. The minimum Gasteiger partial charge on any atom is -0.327 e. The molecule has 0 amide bonds. The van der Waals surface area contributed by atoms with Gasteiger partial charge in [-0.25, -0.2) is 9.78 Å². The highest BCUT2D eigenvalue weighted by Crippen LogP contribution is 2.20. The summed E-state index contributed by atoms with van der Waals surface area (Å²) in [4.78, 5) is 35.2. The van der Waals surface area contributed by atoms with Crippen LogP contribution in [0.2, 0.25) is 0 Å². The van der Waals surface area contributed by atoms with E-state index in [1.54, 1.807) is 19.4 Å². The molecule has 3 aromatic heterocycles. The third-order valence-corrected chi connectivity index (χ3v) is 4.14. The predicted molar refractivity (Wildman–Crippen MR) is 80.4 cm³/mol. The zero-order valence-corrected chi connectivity index (χ0v) is 12.3. The Morgan fingerprint density at radius 3 is 2.62 bits per heavy atom. The van der Waals surface area contributed by atoms with Crippen LogP contribution in [0.5, 0.6) is 0 Å². The molecule has 0 radical (unpaired) electrons. The van der Waals surface area contributed by atoms with E-state index in [4.69, 9.17) is 0 Å². The summed E-state index contributed by atoms with van der Waals surface area (Å²) in [5.41, 5.74) is 1.08. The van der Waals surface area contributed by atoms with Gasteiger partial charge in [0, 0.05) is 32.2 Å². The Labute approximate surface area is 123 Å². The normalized spacial score (nSPS) is 11.1. The molecule has 0 spiro atoms. The van der Waals surface area contributed by atoms with Crippen molar-refractivity contribution < 1.29 is 0 Å². The van der Waals surface area contributed by atoms with Crippen molar-refractivity contribution in [3.63, 3.8) is 0 Å². The largest absolute Gasteiger partial charge is 0.332 e. The van der Waals surface area contributed by atoms with Crippen molar-refractivity contribution in [3.8, 4) is 0 Å². The second-order valence-electron chi connectivity index (χ2n) is 4.59. The lowest BCUT2D eigenvalue weighted by Gasteiger charge is -2.00. The van der Waals surface area contributed by atoms with Crippen LogP contribution < -0.4 is 11.2 Å². The number of fused-ring (bicyclic) bond motifs is 1. The lowest BCUT2D eigenvalue weighted by Crippen LogP contribution is -2.36. The van der Waals surface area contributed by atoms with Crippen molar-refractivity contribution in [3.05, 3.63) is 50.9 Å². The van der Waals surface area contributed by atoms with Gasteiger partial charge in [-0.1, -0.05) is 11.8 Å². The van der Waals surface area contributed by atoms with Gasteiger partial charge in [0.1, 0.15) is 0 Å². The molecule has 0 bridgehead atoms. The summed E-state index contributed by atoms with van der Waals surface area (Å²) in [5.74, 6) is 0.705. The van der Waals surface area contributed by atoms with Crippen LogP contribution in [0.4, 0.5) is 0 Å². The molecule has 0 fully saturated rings. The zero-order chi connectivity index (χ0) is 15.0. The van der Waals surface area contributed by atoms with Gasteiger partial charge in [-0.2, -0.15) is 0 Å². The summed E-state index contributed by atoms with van der Waals surface area (Å²) in [6.07, 6.45) is 3.46. The van der Waals surface area contributed by atoms with E-state index in [9.17, 15) is 9.59 Å². The maximum Gasteiger partial charge on any atom is 0.332 e. The number of hydrogen-bond acceptors (Lipinski definition) is 5. The van der Waals surface area contributed by atoms with Crippen LogP contribution in [-0.4, -0.2) is 24.1 Å². The van der Waals surface area contributed by atoms with E-state index in [0.717, 1.165) is 10.1 Å². The topological polar surface area (TPSA) is 85.6 Å². The molecule has 8 heteroatoms. The van der Waals surface area contributed by atoms with Gasteiger partial charge >= 0.3 is 5.69 Å². The molecule has 0 aliphatic rings. The van der Waals surface area contributed by atoms with Crippen LogP contribution in [0.1, 0.15) is 5.56 Å². The Bertz CT molecular complexity index is 910. The monoisotopic (exact) mass is 303 g/mol. The number of imidazole rings is 1. The Balaban J connectivity index is 1.99. The van der Waals surface area contributed by atoms with Crippen LogP contribution in [0.15, 0.2) is 39.3 Å². The number of hydrogen-bond donors (Lipinski definition) is 1. The maximum absolute atomic E-state index is 12.0. The maximum atomic E-state index is 12.0. The van der Waals surface area contributed by atoms with Gasteiger partial charge in [0.25, 0.3) is 5.56 Å². The number of aromatic nitrogens is 5. The van der Waals surface area contributed by atoms with Crippen molar-refractivity contribution in [2.75, 3.05) is 0 Å². The molecule has 3 aromatic rings. The second kappa shape index (κ2) is 5.21. The fourth-order valence-corrected chi connectivity index (χ4v) is 2.83. The fraction of sp³-hybridized carbons (Fsp3) is 0.231. The van der Waals surface area contributed by atoms with Crippen LogP contribution in [0.25, 0.3) is 11.2 Å². The third kappa shape index (κ3) is 2.38. The average Bonchev–Trinajstić information content (AvgIpc) is 2.94. The number of H-pyrrole nitrogens is 1. The average molecular weight is 303 g/mol. The van der Waals surface area contributed by atoms with Gasteiger partial charge in [-0.3, -0.25) is 18.9 Å². The number of thioether (sulfide) groups is 1. The molecule has 0 saturated heterocycles. The standard InChI is InChI=1S/C13H13N5O2S/c1-17-10-9(11(19)18(2)13(17)20)15-12(16-10)21-7-8-3-5-14-6-4-8/h3-6H,7H2,1-2H3,(H,15,16). The number of rotatable bonds is 3. The predicted octanol–water partition coefficient (Wildman–Crippen LogP) is 0.648. The second-order valence-corrected chi connectivity index (χ2v) is 5.55. The van der Waals surface area contributed by atoms with Crippen LogP contribution in [0.3, 0.4) is 0 Å². The first-order chi connectivity index (χ1) is 10.1. The molecule has 0 aliphatic carbocycles. The van der Waals surface area contributed by atoms with E-state index in [2.05, 4.69) is 15.0 Å². The van der Waals surface area contributed by atoms with Gasteiger partial charge < -0.3 is 4.98 Å². The minimum atomic E-state index is -0.385. The minimum absolute atomic E-state index is 0.344. The molecule has 0 saturated carbocycles. The first kappa shape index (κ1) is 13.6. The molecule has 0 aromatic carbocycles. The van der Waals surface area contributed by atoms with Crippen molar-refractivity contribution in [1.82, 2.24) is 24.1 Å². The Kier molecular flexibility index (Phi) is 3.38. The zero-order valence-electron chi connectivity index (χ0n) is 11.5. The SMILES string of the molecule is Cn1c(=O)c2[nH]c(SCc3ccncc3)nc2n(C)c1=O. The highest BCUT2D eigenvalue weighted by molar-refractivity contribution is 7.98. The molecular weight excluding hydrogens is 290 g/mol. The molecule has 21 heavy (non-hydrogen) atoms. The molecule has 3 rings (SSSR count). The Morgan fingerprint density at radius 1 is 1.19 bits per heavy atom. The lowest BCUT2D eigenvalue weighted by molar-refractivity contribution is 0.708. The molecule has 0 unspecified atom stereocenters. The molecule has 7 nitrogen and oxygen atoms in total. The molecule has 0 atom stereocenters. The number of aryl methyl sites for hydroxylation is 1. The number of pyridine rings is 1. The van der Waals surface area contributed by atoms with Gasteiger partial charge in [0.2, 0.25) is 0 Å². The van der Waals surface area contributed by atoms with Gasteiger partial charge in [0.05, 0.1) is 0 Å². The molecule has 1 N–H and O–H groups in total. The van der Waals surface area contributed by atoms with Crippen molar-refractivity contribution in [1.29, 1.82) is 0 Å². The molecule has 0 aliphatic heterocycles. The van der Waals surface area contributed by atoms with E-state index in [-0.39, 0.29) is 11.2 Å². The third-order valence-electron chi connectivity index (χ3n) is 3.20. The summed E-state index contributed by atoms with van der Waals surface area (Å²) in [7, 11) is 3.05. The summed E-state index contributed by atoms with van der Waals surface area (Å²) < 4.78 is 2.43. The van der Waals surface area contributed by atoms with E-state index >= 15 is 0 Å². The van der Waals surface area contributed by atoms with E-state index in [1.807, 2.05) is 12.1 Å². The summed E-state index contributed by atoms with van der Waals surface area (Å²) in [6, 6.07) is 3.84. The van der Waals surface area contributed by atoms with Gasteiger partial charge in [0.15, 0.2) is 16.3 Å². The Morgan fingerprint density at radius 2 is 1.90 bits per heavy atom. The fourth-order valence-electron chi connectivity index (χ4n) is 2.00. The van der Waals surface area contributed by atoms with Gasteiger partial charge in [-0.05, 0) is 17.7 Å². The quantitative estimate of drug-likeness (QED) is 0.718. The lowest BCUT2D eigenvalue weighted by atomic mass is 10.3. The summed E-state index contributed by atoms with van der Waals surface area (Å²) >= 11 is 1.47. The van der Waals surface area contributed by atoms with Crippen molar-refractivity contribution >= 4 is 22.9 Å². The number of nitrogens with one attached hydrogen (secondary N) is 1. The smallest absolute Gasteiger partial charge is 0.327 e.